The average Bonchev–Trinajstić information content (AvgIpc) is 2.43. The predicted molar refractivity (Wildman–Crippen MR) is 82.5 cm³/mol. The number of hydrogen-bond acceptors (Lipinski definition) is 4. The Balaban J connectivity index is 2.00. The van der Waals surface area contributed by atoms with E-state index in [1.807, 2.05) is 12.1 Å². The third-order valence-corrected chi connectivity index (χ3v) is 4.44. The van der Waals surface area contributed by atoms with Crippen LogP contribution in [0.3, 0.4) is 0 Å². The Morgan fingerprint density at radius 2 is 2.05 bits per heavy atom. The van der Waals surface area contributed by atoms with E-state index in [2.05, 4.69) is 12.2 Å². The third kappa shape index (κ3) is 4.02. The number of nitro groups is 1. The molecule has 0 saturated heterocycles. The van der Waals surface area contributed by atoms with Crippen molar-refractivity contribution >= 4 is 5.69 Å². The zero-order valence-corrected chi connectivity index (χ0v) is 12.8. The highest BCUT2D eigenvalue weighted by Gasteiger charge is 2.38. The molecule has 116 valence electrons. The standard InChI is InChI=1S/C16H24N2O3/c1-3-17-14(12-16(21-2)9-4-10-16)11-13-5-7-15(8-6-13)18(19)20/h5-8,14,17H,3-4,9-12H2,1-2H3. The summed E-state index contributed by atoms with van der Waals surface area (Å²) in [5, 5.41) is 14.2. The van der Waals surface area contributed by atoms with Crippen LogP contribution in [0.25, 0.3) is 0 Å². The van der Waals surface area contributed by atoms with Crippen LogP contribution >= 0.6 is 0 Å². The zero-order valence-electron chi connectivity index (χ0n) is 12.8. The van der Waals surface area contributed by atoms with Gasteiger partial charge in [0.1, 0.15) is 0 Å². The van der Waals surface area contributed by atoms with E-state index < -0.39 is 0 Å². The maximum absolute atomic E-state index is 10.7. The number of nitro benzene ring substituents is 1. The Morgan fingerprint density at radius 3 is 2.48 bits per heavy atom. The van der Waals surface area contributed by atoms with Crippen molar-refractivity contribution in [3.8, 4) is 0 Å². The lowest BCUT2D eigenvalue weighted by Crippen LogP contribution is -2.46. The van der Waals surface area contributed by atoms with Crippen molar-refractivity contribution < 1.29 is 9.66 Å². The number of methoxy groups -OCH3 is 1. The van der Waals surface area contributed by atoms with Gasteiger partial charge in [-0.1, -0.05) is 19.1 Å². The Labute approximate surface area is 125 Å². The normalized spacial score (nSPS) is 18.0. The fraction of sp³-hybridized carbons (Fsp3) is 0.625. The summed E-state index contributed by atoms with van der Waals surface area (Å²) in [6, 6.07) is 7.20. The maximum atomic E-state index is 10.7. The average molecular weight is 292 g/mol. The summed E-state index contributed by atoms with van der Waals surface area (Å²) in [4.78, 5) is 10.3. The fourth-order valence-electron chi connectivity index (χ4n) is 3.06. The number of benzene rings is 1. The molecule has 5 heteroatoms. The van der Waals surface area contributed by atoms with Gasteiger partial charge in [-0.2, -0.15) is 0 Å². The first-order chi connectivity index (χ1) is 10.1. The predicted octanol–water partition coefficient (Wildman–Crippen LogP) is 3.07. The smallest absolute Gasteiger partial charge is 0.269 e. The van der Waals surface area contributed by atoms with Gasteiger partial charge >= 0.3 is 0 Å². The summed E-state index contributed by atoms with van der Waals surface area (Å²) in [6.45, 7) is 3.01. The second-order valence-electron chi connectivity index (χ2n) is 5.83. The molecule has 1 atom stereocenters. The molecular weight excluding hydrogens is 268 g/mol. The summed E-state index contributed by atoms with van der Waals surface area (Å²) in [7, 11) is 1.80. The van der Waals surface area contributed by atoms with Crippen LogP contribution < -0.4 is 5.32 Å². The molecule has 0 amide bonds. The van der Waals surface area contributed by atoms with Crippen molar-refractivity contribution in [2.24, 2.45) is 0 Å². The Bertz CT molecular complexity index is 463. The van der Waals surface area contributed by atoms with Gasteiger partial charge in [0.25, 0.3) is 5.69 Å². The van der Waals surface area contributed by atoms with Gasteiger partial charge < -0.3 is 10.1 Å². The van der Waals surface area contributed by atoms with E-state index >= 15 is 0 Å². The van der Waals surface area contributed by atoms with Crippen molar-refractivity contribution in [1.82, 2.24) is 5.32 Å². The molecule has 21 heavy (non-hydrogen) atoms. The van der Waals surface area contributed by atoms with E-state index in [9.17, 15) is 10.1 Å². The number of likely N-dealkylation sites (N-methyl/N-ethyl adjacent to an activating group) is 1. The molecule has 1 aromatic carbocycles. The summed E-state index contributed by atoms with van der Waals surface area (Å²) >= 11 is 0. The lowest BCUT2D eigenvalue weighted by Gasteiger charge is -2.43. The van der Waals surface area contributed by atoms with Gasteiger partial charge in [0.05, 0.1) is 10.5 Å². The molecular formula is C16H24N2O3. The topological polar surface area (TPSA) is 64.4 Å². The molecule has 1 unspecified atom stereocenters. The van der Waals surface area contributed by atoms with Crippen LogP contribution in [0.15, 0.2) is 24.3 Å². The molecule has 0 aliphatic heterocycles. The van der Waals surface area contributed by atoms with Gasteiger partial charge in [-0.3, -0.25) is 10.1 Å². The first kappa shape index (κ1) is 15.9. The molecule has 1 aromatic rings. The quantitative estimate of drug-likeness (QED) is 0.591. The van der Waals surface area contributed by atoms with Crippen LogP contribution in [0, 0.1) is 10.1 Å². The van der Waals surface area contributed by atoms with Crippen molar-refractivity contribution in [2.75, 3.05) is 13.7 Å². The van der Waals surface area contributed by atoms with E-state index in [4.69, 9.17) is 4.74 Å². The van der Waals surface area contributed by atoms with Crippen LogP contribution in [0.5, 0.6) is 0 Å². The SMILES string of the molecule is CCNC(Cc1ccc([N+](=O)[O-])cc1)CC1(OC)CCC1. The highest BCUT2D eigenvalue weighted by Crippen LogP contribution is 2.39. The lowest BCUT2D eigenvalue weighted by atomic mass is 9.75. The van der Waals surface area contributed by atoms with Gasteiger partial charge in [0, 0.05) is 25.3 Å². The fourth-order valence-corrected chi connectivity index (χ4v) is 3.06. The second-order valence-corrected chi connectivity index (χ2v) is 5.83. The first-order valence-corrected chi connectivity index (χ1v) is 7.60. The highest BCUT2D eigenvalue weighted by atomic mass is 16.6. The van der Waals surface area contributed by atoms with Gasteiger partial charge in [-0.05, 0) is 44.2 Å². The van der Waals surface area contributed by atoms with Crippen molar-refractivity contribution in [3.63, 3.8) is 0 Å². The van der Waals surface area contributed by atoms with Gasteiger partial charge in [0.15, 0.2) is 0 Å². The summed E-state index contributed by atoms with van der Waals surface area (Å²) in [6.07, 6.45) is 5.37. The number of non-ortho nitro benzene ring substituents is 1. The minimum atomic E-state index is -0.361. The van der Waals surface area contributed by atoms with Gasteiger partial charge in [-0.15, -0.1) is 0 Å². The molecule has 0 radical (unpaired) electrons. The molecule has 0 bridgehead atoms. The maximum Gasteiger partial charge on any atom is 0.269 e. The Kier molecular flexibility index (Phi) is 5.31. The number of rotatable bonds is 8. The summed E-state index contributed by atoms with van der Waals surface area (Å²) in [5.41, 5.74) is 1.30. The molecule has 1 fully saturated rings. The van der Waals surface area contributed by atoms with E-state index in [1.54, 1.807) is 19.2 Å². The molecule has 5 nitrogen and oxygen atoms in total. The van der Waals surface area contributed by atoms with E-state index in [-0.39, 0.29) is 16.2 Å². The second kappa shape index (κ2) is 7.00. The third-order valence-electron chi connectivity index (χ3n) is 4.44. The summed E-state index contributed by atoms with van der Waals surface area (Å²) in [5.74, 6) is 0. The molecule has 0 spiro atoms. The minimum absolute atomic E-state index is 0.0353. The number of nitrogens with one attached hydrogen (secondary N) is 1. The van der Waals surface area contributed by atoms with Crippen molar-refractivity contribution in [3.05, 3.63) is 39.9 Å². The Hall–Kier alpha value is -1.46. The number of hydrogen-bond donors (Lipinski definition) is 1. The van der Waals surface area contributed by atoms with Crippen molar-refractivity contribution in [2.45, 2.75) is 50.7 Å². The molecule has 1 saturated carbocycles. The lowest BCUT2D eigenvalue weighted by molar-refractivity contribution is -0.384. The number of nitrogens with zero attached hydrogens (tertiary/aromatic N) is 1. The molecule has 2 rings (SSSR count). The van der Waals surface area contributed by atoms with E-state index in [0.717, 1.165) is 37.8 Å². The van der Waals surface area contributed by atoms with Gasteiger partial charge in [0.2, 0.25) is 0 Å². The van der Waals surface area contributed by atoms with Crippen LogP contribution in [-0.4, -0.2) is 30.2 Å². The van der Waals surface area contributed by atoms with Gasteiger partial charge in [-0.25, -0.2) is 0 Å². The monoisotopic (exact) mass is 292 g/mol. The molecule has 0 heterocycles. The van der Waals surface area contributed by atoms with Crippen molar-refractivity contribution in [1.29, 1.82) is 0 Å². The first-order valence-electron chi connectivity index (χ1n) is 7.60. The molecule has 0 aromatic heterocycles. The summed E-state index contributed by atoms with van der Waals surface area (Å²) < 4.78 is 5.71. The van der Waals surface area contributed by atoms with E-state index in [1.165, 1.54) is 6.42 Å². The van der Waals surface area contributed by atoms with Crippen LogP contribution in [-0.2, 0) is 11.2 Å². The van der Waals surface area contributed by atoms with E-state index in [0.29, 0.717) is 6.04 Å². The minimum Gasteiger partial charge on any atom is -0.378 e. The molecule has 1 N–H and O–H groups in total. The van der Waals surface area contributed by atoms with Crippen LogP contribution in [0.2, 0.25) is 0 Å². The highest BCUT2D eigenvalue weighted by molar-refractivity contribution is 5.33. The van der Waals surface area contributed by atoms with Crippen LogP contribution in [0.4, 0.5) is 5.69 Å². The molecule has 1 aliphatic carbocycles. The zero-order chi connectivity index (χ0) is 15.3. The molecule has 1 aliphatic rings. The largest absolute Gasteiger partial charge is 0.378 e. The Morgan fingerprint density at radius 1 is 1.38 bits per heavy atom. The number of ether oxygens (including phenoxy) is 1. The van der Waals surface area contributed by atoms with Crippen LogP contribution in [0.1, 0.15) is 38.2 Å².